The second-order valence-electron chi connectivity index (χ2n) is 4.58. The van der Waals surface area contributed by atoms with Crippen LogP contribution in [0.3, 0.4) is 0 Å². The van der Waals surface area contributed by atoms with Crippen LogP contribution in [-0.2, 0) is 4.74 Å². The SMILES string of the molecule is CCC(C)N(CCOC)c1ccc(C)cc1C#N. The molecule has 0 saturated heterocycles. The topological polar surface area (TPSA) is 36.3 Å². The van der Waals surface area contributed by atoms with Crippen molar-refractivity contribution in [1.82, 2.24) is 0 Å². The largest absolute Gasteiger partial charge is 0.383 e. The lowest BCUT2D eigenvalue weighted by Gasteiger charge is -2.31. The van der Waals surface area contributed by atoms with Crippen LogP contribution in [-0.4, -0.2) is 26.3 Å². The Morgan fingerprint density at radius 2 is 2.17 bits per heavy atom. The van der Waals surface area contributed by atoms with Gasteiger partial charge in [-0.3, -0.25) is 0 Å². The Bertz CT molecular complexity index is 423. The van der Waals surface area contributed by atoms with Crippen LogP contribution in [0.25, 0.3) is 0 Å². The van der Waals surface area contributed by atoms with Crippen molar-refractivity contribution in [2.45, 2.75) is 33.2 Å². The van der Waals surface area contributed by atoms with Crippen LogP contribution in [0.4, 0.5) is 5.69 Å². The van der Waals surface area contributed by atoms with Crippen LogP contribution < -0.4 is 4.90 Å². The lowest BCUT2D eigenvalue weighted by atomic mass is 10.1. The van der Waals surface area contributed by atoms with Crippen LogP contribution in [0.5, 0.6) is 0 Å². The fourth-order valence-electron chi connectivity index (χ4n) is 1.98. The molecule has 0 amide bonds. The highest BCUT2D eigenvalue weighted by Gasteiger charge is 2.16. The zero-order valence-corrected chi connectivity index (χ0v) is 11.7. The second-order valence-corrected chi connectivity index (χ2v) is 4.58. The molecule has 0 aliphatic heterocycles. The van der Waals surface area contributed by atoms with Crippen molar-refractivity contribution in [2.75, 3.05) is 25.2 Å². The first-order valence-electron chi connectivity index (χ1n) is 6.40. The molecular weight excluding hydrogens is 224 g/mol. The van der Waals surface area contributed by atoms with E-state index in [-0.39, 0.29) is 0 Å². The van der Waals surface area contributed by atoms with E-state index in [0.717, 1.165) is 29.8 Å². The molecule has 0 spiro atoms. The fourth-order valence-corrected chi connectivity index (χ4v) is 1.98. The Kier molecular flexibility index (Phi) is 5.67. The number of anilines is 1. The summed E-state index contributed by atoms with van der Waals surface area (Å²) in [6.45, 7) is 7.82. The number of ether oxygens (including phenoxy) is 1. The van der Waals surface area contributed by atoms with Crippen molar-refractivity contribution < 1.29 is 4.74 Å². The number of aryl methyl sites for hydroxylation is 1. The van der Waals surface area contributed by atoms with Crippen LogP contribution in [0.1, 0.15) is 31.4 Å². The van der Waals surface area contributed by atoms with Crippen LogP contribution >= 0.6 is 0 Å². The Labute approximate surface area is 110 Å². The number of nitriles is 1. The third-order valence-electron chi connectivity index (χ3n) is 3.24. The molecule has 0 saturated carbocycles. The van der Waals surface area contributed by atoms with Gasteiger partial charge in [-0.1, -0.05) is 13.0 Å². The van der Waals surface area contributed by atoms with Gasteiger partial charge < -0.3 is 9.64 Å². The number of hydrogen-bond donors (Lipinski definition) is 0. The van der Waals surface area contributed by atoms with E-state index in [1.165, 1.54) is 0 Å². The Morgan fingerprint density at radius 3 is 2.72 bits per heavy atom. The van der Waals surface area contributed by atoms with E-state index in [1.807, 2.05) is 19.1 Å². The van der Waals surface area contributed by atoms with Crippen LogP contribution in [0.2, 0.25) is 0 Å². The first kappa shape index (κ1) is 14.5. The van der Waals surface area contributed by atoms with Gasteiger partial charge in [0.1, 0.15) is 6.07 Å². The molecule has 1 atom stereocenters. The second kappa shape index (κ2) is 7.03. The lowest BCUT2D eigenvalue weighted by molar-refractivity contribution is 0.203. The molecule has 98 valence electrons. The van der Waals surface area contributed by atoms with Gasteiger partial charge in [0.15, 0.2) is 0 Å². The van der Waals surface area contributed by atoms with Gasteiger partial charge in [-0.2, -0.15) is 5.26 Å². The average Bonchev–Trinajstić information content (AvgIpc) is 2.39. The highest BCUT2D eigenvalue weighted by Crippen LogP contribution is 2.24. The predicted octanol–water partition coefficient (Wildman–Crippen LogP) is 3.12. The first-order valence-corrected chi connectivity index (χ1v) is 6.40. The van der Waals surface area contributed by atoms with E-state index in [1.54, 1.807) is 7.11 Å². The lowest BCUT2D eigenvalue weighted by Crippen LogP contribution is -2.36. The molecule has 1 unspecified atom stereocenters. The van der Waals surface area contributed by atoms with E-state index in [4.69, 9.17) is 4.74 Å². The quantitative estimate of drug-likeness (QED) is 0.773. The standard InChI is InChI=1S/C15H22N2O/c1-5-13(3)17(8-9-18-4)15-7-6-12(2)10-14(15)11-16/h6-7,10,13H,5,8-9H2,1-4H3. The summed E-state index contributed by atoms with van der Waals surface area (Å²) in [4.78, 5) is 2.25. The summed E-state index contributed by atoms with van der Waals surface area (Å²) < 4.78 is 5.16. The summed E-state index contributed by atoms with van der Waals surface area (Å²) in [7, 11) is 1.70. The molecule has 0 aromatic heterocycles. The summed E-state index contributed by atoms with van der Waals surface area (Å²) in [5, 5.41) is 9.26. The smallest absolute Gasteiger partial charge is 0.101 e. The molecule has 3 nitrogen and oxygen atoms in total. The molecule has 1 rings (SSSR count). The van der Waals surface area contributed by atoms with Gasteiger partial charge in [0.2, 0.25) is 0 Å². The normalized spacial score (nSPS) is 11.9. The van der Waals surface area contributed by atoms with Gasteiger partial charge in [-0.05, 0) is 38.0 Å². The van der Waals surface area contributed by atoms with E-state index < -0.39 is 0 Å². The van der Waals surface area contributed by atoms with Gasteiger partial charge >= 0.3 is 0 Å². The minimum Gasteiger partial charge on any atom is -0.383 e. The van der Waals surface area contributed by atoms with Crippen LogP contribution in [0, 0.1) is 18.3 Å². The van der Waals surface area contributed by atoms with Gasteiger partial charge in [-0.25, -0.2) is 0 Å². The predicted molar refractivity (Wildman–Crippen MR) is 74.9 cm³/mol. The van der Waals surface area contributed by atoms with Crippen molar-refractivity contribution >= 4 is 5.69 Å². The molecule has 1 aromatic carbocycles. The third kappa shape index (κ3) is 3.48. The summed E-state index contributed by atoms with van der Waals surface area (Å²) in [6.07, 6.45) is 1.04. The number of hydrogen-bond acceptors (Lipinski definition) is 3. The maximum Gasteiger partial charge on any atom is 0.101 e. The van der Waals surface area contributed by atoms with Gasteiger partial charge in [-0.15, -0.1) is 0 Å². The van der Waals surface area contributed by atoms with Crippen molar-refractivity contribution in [3.8, 4) is 6.07 Å². The molecule has 1 aromatic rings. The number of benzene rings is 1. The van der Waals surface area contributed by atoms with Crippen molar-refractivity contribution in [2.24, 2.45) is 0 Å². The molecule has 0 fully saturated rings. The summed E-state index contributed by atoms with van der Waals surface area (Å²) in [5.74, 6) is 0. The Morgan fingerprint density at radius 1 is 1.44 bits per heavy atom. The molecule has 0 radical (unpaired) electrons. The van der Waals surface area contributed by atoms with Crippen molar-refractivity contribution in [3.05, 3.63) is 29.3 Å². The maximum absolute atomic E-state index is 9.26. The van der Waals surface area contributed by atoms with Crippen molar-refractivity contribution in [1.29, 1.82) is 5.26 Å². The van der Waals surface area contributed by atoms with Gasteiger partial charge in [0.25, 0.3) is 0 Å². The monoisotopic (exact) mass is 246 g/mol. The molecule has 3 heteroatoms. The van der Waals surface area contributed by atoms with Crippen molar-refractivity contribution in [3.63, 3.8) is 0 Å². The van der Waals surface area contributed by atoms with E-state index in [9.17, 15) is 5.26 Å². The Balaban J connectivity index is 3.08. The van der Waals surface area contributed by atoms with Crippen LogP contribution in [0.15, 0.2) is 18.2 Å². The summed E-state index contributed by atoms with van der Waals surface area (Å²) in [6, 6.07) is 8.72. The Hall–Kier alpha value is -1.53. The maximum atomic E-state index is 9.26. The number of methoxy groups -OCH3 is 1. The zero-order chi connectivity index (χ0) is 13.5. The average molecular weight is 246 g/mol. The molecule has 0 heterocycles. The third-order valence-corrected chi connectivity index (χ3v) is 3.24. The zero-order valence-electron chi connectivity index (χ0n) is 11.7. The summed E-state index contributed by atoms with van der Waals surface area (Å²) in [5.41, 5.74) is 2.87. The fraction of sp³-hybridized carbons (Fsp3) is 0.533. The van der Waals surface area contributed by atoms with E-state index >= 15 is 0 Å². The number of rotatable bonds is 6. The van der Waals surface area contributed by atoms with Gasteiger partial charge in [0.05, 0.1) is 17.9 Å². The highest BCUT2D eigenvalue weighted by atomic mass is 16.5. The van der Waals surface area contributed by atoms with Gasteiger partial charge in [0, 0.05) is 19.7 Å². The minimum absolute atomic E-state index is 0.398. The summed E-state index contributed by atoms with van der Waals surface area (Å²) >= 11 is 0. The molecule has 0 aliphatic rings. The van der Waals surface area contributed by atoms with E-state index in [0.29, 0.717) is 12.6 Å². The highest BCUT2D eigenvalue weighted by molar-refractivity contribution is 5.61. The molecule has 18 heavy (non-hydrogen) atoms. The number of nitrogens with zero attached hydrogens (tertiary/aromatic N) is 2. The molecule has 0 aliphatic carbocycles. The molecule has 0 N–H and O–H groups in total. The molecule has 0 bridgehead atoms. The molecular formula is C15H22N2O. The van der Waals surface area contributed by atoms with E-state index in [2.05, 4.69) is 30.9 Å². The first-order chi connectivity index (χ1) is 8.63. The minimum atomic E-state index is 0.398.